The van der Waals surface area contributed by atoms with Crippen LogP contribution in [0.3, 0.4) is 0 Å². The number of aromatic nitrogens is 1. The lowest BCUT2D eigenvalue weighted by molar-refractivity contribution is 0.174. The minimum atomic E-state index is 1.11. The van der Waals surface area contributed by atoms with E-state index in [-0.39, 0.29) is 0 Å². The van der Waals surface area contributed by atoms with Crippen molar-refractivity contribution in [2.24, 2.45) is 0 Å². The Morgan fingerprint density at radius 3 is 2.91 bits per heavy atom. The quantitative estimate of drug-likeness (QED) is 0.770. The Bertz CT molecular complexity index is 244. The van der Waals surface area contributed by atoms with Crippen molar-refractivity contribution in [3.05, 3.63) is 14.1 Å². The van der Waals surface area contributed by atoms with Crippen molar-refractivity contribution < 1.29 is 0 Å². The fraction of sp³-hybridized carbons (Fsp3) is 0.571. The third-order valence-electron chi connectivity index (χ3n) is 1.85. The van der Waals surface area contributed by atoms with Gasteiger partial charge in [-0.3, -0.25) is 4.90 Å². The second kappa shape index (κ2) is 3.37. The standard InChI is InChI=1S/C7H9IN2S/c8-7-9-4-6(11-7)5-10-2-1-3-10/h4H,1-3,5H2. The molecule has 1 aliphatic heterocycles. The van der Waals surface area contributed by atoms with E-state index < -0.39 is 0 Å². The molecule has 0 unspecified atom stereocenters. The summed E-state index contributed by atoms with van der Waals surface area (Å²) in [5.74, 6) is 0. The number of thiazole rings is 1. The normalized spacial score (nSPS) is 18.3. The van der Waals surface area contributed by atoms with E-state index in [0.717, 1.165) is 9.56 Å². The van der Waals surface area contributed by atoms with Gasteiger partial charge in [-0.2, -0.15) is 0 Å². The monoisotopic (exact) mass is 280 g/mol. The SMILES string of the molecule is Ic1ncc(CN2CCC2)s1. The van der Waals surface area contributed by atoms with Gasteiger partial charge in [0.2, 0.25) is 0 Å². The summed E-state index contributed by atoms with van der Waals surface area (Å²) in [6, 6.07) is 0. The van der Waals surface area contributed by atoms with Crippen LogP contribution in [-0.2, 0) is 6.54 Å². The largest absolute Gasteiger partial charge is 0.298 e. The van der Waals surface area contributed by atoms with Crippen LogP contribution in [-0.4, -0.2) is 23.0 Å². The highest BCUT2D eigenvalue weighted by atomic mass is 127. The number of hydrogen-bond acceptors (Lipinski definition) is 3. The molecule has 60 valence electrons. The molecule has 1 aromatic rings. The highest BCUT2D eigenvalue weighted by Crippen LogP contribution is 2.18. The molecule has 0 bridgehead atoms. The fourth-order valence-corrected chi connectivity index (χ4v) is 2.78. The second-order valence-electron chi connectivity index (χ2n) is 2.71. The fourth-order valence-electron chi connectivity index (χ4n) is 1.12. The topological polar surface area (TPSA) is 16.1 Å². The molecule has 0 N–H and O–H groups in total. The number of halogens is 1. The van der Waals surface area contributed by atoms with Crippen molar-refractivity contribution in [2.75, 3.05) is 13.1 Å². The molecule has 2 nitrogen and oxygen atoms in total. The minimum Gasteiger partial charge on any atom is -0.298 e. The van der Waals surface area contributed by atoms with E-state index in [1.807, 2.05) is 6.20 Å². The maximum Gasteiger partial charge on any atom is 0.154 e. The zero-order valence-corrected chi connectivity index (χ0v) is 9.06. The van der Waals surface area contributed by atoms with Crippen molar-refractivity contribution >= 4 is 33.9 Å². The van der Waals surface area contributed by atoms with Crippen LogP contribution in [0, 0.1) is 3.01 Å². The van der Waals surface area contributed by atoms with Crippen molar-refractivity contribution in [2.45, 2.75) is 13.0 Å². The smallest absolute Gasteiger partial charge is 0.154 e. The Balaban J connectivity index is 1.95. The molecule has 0 aromatic carbocycles. The summed E-state index contributed by atoms with van der Waals surface area (Å²) in [7, 11) is 0. The van der Waals surface area contributed by atoms with Crippen LogP contribution >= 0.6 is 33.9 Å². The van der Waals surface area contributed by atoms with E-state index in [1.165, 1.54) is 24.4 Å². The maximum absolute atomic E-state index is 4.21. The van der Waals surface area contributed by atoms with Gasteiger partial charge in [-0.25, -0.2) is 4.98 Å². The van der Waals surface area contributed by atoms with Gasteiger partial charge in [-0.1, -0.05) is 0 Å². The van der Waals surface area contributed by atoms with Crippen LogP contribution in [0.1, 0.15) is 11.3 Å². The van der Waals surface area contributed by atoms with E-state index in [1.54, 1.807) is 11.3 Å². The van der Waals surface area contributed by atoms with Crippen LogP contribution in [0.2, 0.25) is 0 Å². The molecule has 0 atom stereocenters. The second-order valence-corrected chi connectivity index (χ2v) is 5.58. The molecule has 0 radical (unpaired) electrons. The molecule has 0 saturated carbocycles. The first-order chi connectivity index (χ1) is 5.34. The van der Waals surface area contributed by atoms with Gasteiger partial charge in [0, 0.05) is 17.6 Å². The van der Waals surface area contributed by atoms with Gasteiger partial charge in [0.05, 0.1) is 0 Å². The molecule has 4 heteroatoms. The van der Waals surface area contributed by atoms with Gasteiger partial charge in [0.1, 0.15) is 0 Å². The molecule has 1 aliphatic rings. The summed E-state index contributed by atoms with van der Waals surface area (Å²) in [5, 5.41) is 0. The molecule has 0 amide bonds. The molecule has 11 heavy (non-hydrogen) atoms. The molecule has 1 fully saturated rings. The molecule has 2 heterocycles. The Morgan fingerprint density at radius 2 is 2.45 bits per heavy atom. The van der Waals surface area contributed by atoms with Crippen LogP contribution in [0.5, 0.6) is 0 Å². The van der Waals surface area contributed by atoms with Gasteiger partial charge < -0.3 is 0 Å². The van der Waals surface area contributed by atoms with E-state index >= 15 is 0 Å². The number of hydrogen-bond donors (Lipinski definition) is 0. The van der Waals surface area contributed by atoms with Crippen molar-refractivity contribution in [3.8, 4) is 0 Å². The molecule has 2 rings (SSSR count). The van der Waals surface area contributed by atoms with Crippen LogP contribution in [0.15, 0.2) is 6.20 Å². The summed E-state index contributed by atoms with van der Waals surface area (Å²) in [4.78, 5) is 8.05. The summed E-state index contributed by atoms with van der Waals surface area (Å²) in [6.07, 6.45) is 3.36. The zero-order chi connectivity index (χ0) is 7.68. The highest BCUT2D eigenvalue weighted by Gasteiger charge is 2.14. The van der Waals surface area contributed by atoms with Crippen molar-refractivity contribution in [3.63, 3.8) is 0 Å². The van der Waals surface area contributed by atoms with E-state index in [2.05, 4.69) is 32.5 Å². The molecular formula is C7H9IN2S. The lowest BCUT2D eigenvalue weighted by Gasteiger charge is -2.29. The Labute approximate surface area is 83.8 Å². The average molecular weight is 280 g/mol. The molecule has 0 aliphatic carbocycles. The zero-order valence-electron chi connectivity index (χ0n) is 6.09. The average Bonchev–Trinajstić information content (AvgIpc) is 2.27. The lowest BCUT2D eigenvalue weighted by Crippen LogP contribution is -2.35. The summed E-state index contributed by atoms with van der Waals surface area (Å²) in [5.41, 5.74) is 0. The lowest BCUT2D eigenvalue weighted by atomic mass is 10.2. The predicted molar refractivity (Wildman–Crippen MR) is 54.7 cm³/mol. The summed E-state index contributed by atoms with van der Waals surface area (Å²) in [6.45, 7) is 3.66. The summed E-state index contributed by atoms with van der Waals surface area (Å²) >= 11 is 4.07. The first kappa shape index (κ1) is 7.94. The Morgan fingerprint density at radius 1 is 1.64 bits per heavy atom. The predicted octanol–water partition coefficient (Wildman–Crippen LogP) is 1.95. The van der Waals surface area contributed by atoms with Crippen LogP contribution in [0.25, 0.3) is 0 Å². The molecule has 0 spiro atoms. The van der Waals surface area contributed by atoms with Crippen molar-refractivity contribution in [1.82, 2.24) is 9.88 Å². The maximum atomic E-state index is 4.21. The first-order valence-corrected chi connectivity index (χ1v) is 5.57. The van der Waals surface area contributed by atoms with Gasteiger partial charge in [0.25, 0.3) is 0 Å². The van der Waals surface area contributed by atoms with Crippen LogP contribution < -0.4 is 0 Å². The molecule has 1 saturated heterocycles. The number of likely N-dealkylation sites (tertiary alicyclic amines) is 1. The first-order valence-electron chi connectivity index (χ1n) is 3.67. The number of rotatable bonds is 2. The van der Waals surface area contributed by atoms with E-state index in [0.29, 0.717) is 0 Å². The van der Waals surface area contributed by atoms with Gasteiger partial charge in [-0.15, -0.1) is 11.3 Å². The van der Waals surface area contributed by atoms with Gasteiger partial charge in [-0.05, 0) is 42.1 Å². The number of nitrogens with zero attached hydrogens (tertiary/aromatic N) is 2. The Kier molecular flexibility index (Phi) is 2.43. The third-order valence-corrected chi connectivity index (χ3v) is 3.56. The van der Waals surface area contributed by atoms with E-state index in [9.17, 15) is 0 Å². The van der Waals surface area contributed by atoms with Crippen LogP contribution in [0.4, 0.5) is 0 Å². The minimum absolute atomic E-state index is 1.11. The third kappa shape index (κ3) is 1.91. The summed E-state index contributed by atoms with van der Waals surface area (Å²) < 4.78 is 1.15. The molecule has 1 aromatic heterocycles. The van der Waals surface area contributed by atoms with Crippen molar-refractivity contribution in [1.29, 1.82) is 0 Å². The van der Waals surface area contributed by atoms with Gasteiger partial charge >= 0.3 is 0 Å². The molecular weight excluding hydrogens is 271 g/mol. The highest BCUT2D eigenvalue weighted by molar-refractivity contribution is 14.1. The van der Waals surface area contributed by atoms with E-state index in [4.69, 9.17) is 0 Å². The van der Waals surface area contributed by atoms with Gasteiger partial charge in [0.15, 0.2) is 3.01 Å². The Hall–Kier alpha value is 0.320.